The summed E-state index contributed by atoms with van der Waals surface area (Å²) in [4.78, 5) is 10.2. The Labute approximate surface area is 106 Å². The lowest BCUT2D eigenvalue weighted by molar-refractivity contribution is 0.247. The maximum Gasteiger partial charge on any atom is 0.328 e. The number of nitrogens with one attached hydrogen (secondary N) is 2. The van der Waals surface area contributed by atoms with E-state index in [2.05, 4.69) is 15.9 Å². The summed E-state index contributed by atoms with van der Waals surface area (Å²) in [5, 5.41) is 2.04. The Bertz CT molecular complexity index is 561. The second-order valence-corrected chi connectivity index (χ2v) is 5.50. The highest BCUT2D eigenvalue weighted by Crippen LogP contribution is 2.25. The third-order valence-electron chi connectivity index (χ3n) is 1.76. The Kier molecular flexibility index (Phi) is 3.94. The van der Waals surface area contributed by atoms with Gasteiger partial charge in [0.05, 0.1) is 4.47 Å². The van der Waals surface area contributed by atoms with E-state index < -0.39 is 26.8 Å². The molecule has 6 nitrogen and oxygen atoms in total. The number of amides is 2. The van der Waals surface area contributed by atoms with E-state index in [0.717, 1.165) is 6.07 Å². The summed E-state index contributed by atoms with van der Waals surface area (Å²) in [6.07, 6.45) is 0. The van der Waals surface area contributed by atoms with Gasteiger partial charge in [-0.15, -0.1) is 0 Å². The van der Waals surface area contributed by atoms with Gasteiger partial charge in [0.1, 0.15) is 4.90 Å². The van der Waals surface area contributed by atoms with E-state index in [9.17, 15) is 17.6 Å². The van der Waals surface area contributed by atoms with Gasteiger partial charge >= 0.3 is 6.03 Å². The number of urea groups is 1. The van der Waals surface area contributed by atoms with Gasteiger partial charge in [0.15, 0.2) is 5.82 Å². The number of rotatable bonds is 2. The molecule has 0 atom stereocenters. The van der Waals surface area contributed by atoms with Gasteiger partial charge in [0.2, 0.25) is 0 Å². The molecular weight excluding hydrogens is 317 g/mol. The van der Waals surface area contributed by atoms with Crippen LogP contribution in [-0.4, -0.2) is 21.5 Å². The average Bonchev–Trinajstić information content (AvgIpc) is 2.22. The number of carbonyl (C=O) groups is 1. The van der Waals surface area contributed by atoms with Crippen LogP contribution in [0.2, 0.25) is 0 Å². The van der Waals surface area contributed by atoms with E-state index in [0.29, 0.717) is 0 Å². The van der Waals surface area contributed by atoms with Gasteiger partial charge in [-0.2, -0.15) is 0 Å². The van der Waals surface area contributed by atoms with Gasteiger partial charge < -0.3 is 11.1 Å². The van der Waals surface area contributed by atoms with Crippen molar-refractivity contribution >= 4 is 37.7 Å². The van der Waals surface area contributed by atoms with E-state index in [1.165, 1.54) is 13.1 Å². The van der Waals surface area contributed by atoms with Gasteiger partial charge in [-0.25, -0.2) is 22.3 Å². The number of nitrogens with two attached hydrogens (primary N) is 1. The molecule has 9 heteroatoms. The normalized spacial score (nSPS) is 11.0. The summed E-state index contributed by atoms with van der Waals surface area (Å²) in [6.45, 7) is 0. The summed E-state index contributed by atoms with van der Waals surface area (Å²) < 4.78 is 38.4. The van der Waals surface area contributed by atoms with Gasteiger partial charge in [-0.1, -0.05) is 0 Å². The van der Waals surface area contributed by atoms with Crippen LogP contribution in [0.3, 0.4) is 0 Å². The molecular formula is C8H9BrFN3O3S. The second-order valence-electron chi connectivity index (χ2n) is 3.00. The molecule has 94 valence electrons. The molecule has 2 amide bonds. The van der Waals surface area contributed by atoms with E-state index >= 15 is 0 Å². The highest BCUT2D eigenvalue weighted by Gasteiger charge is 2.23. The third-order valence-corrected chi connectivity index (χ3v) is 3.67. The number of halogens is 2. The van der Waals surface area contributed by atoms with E-state index in [-0.39, 0.29) is 10.2 Å². The Morgan fingerprint density at radius 3 is 2.59 bits per heavy atom. The number of benzene rings is 1. The SMILES string of the molecule is CNC(=O)NS(=O)(=O)c1cc(N)cc(Br)c1F. The number of carbonyl (C=O) groups excluding carboxylic acids is 1. The highest BCUT2D eigenvalue weighted by molar-refractivity contribution is 9.10. The summed E-state index contributed by atoms with van der Waals surface area (Å²) in [7, 11) is -3.06. The zero-order chi connectivity index (χ0) is 13.2. The predicted octanol–water partition coefficient (Wildman–Crippen LogP) is 0.788. The summed E-state index contributed by atoms with van der Waals surface area (Å²) in [5.41, 5.74) is 5.45. The molecule has 0 aliphatic rings. The van der Waals surface area contributed by atoms with Crippen LogP contribution in [0, 0.1) is 5.82 Å². The van der Waals surface area contributed by atoms with Crippen molar-refractivity contribution in [1.82, 2.24) is 10.0 Å². The maximum atomic E-state index is 13.6. The first-order valence-corrected chi connectivity index (χ1v) is 6.54. The number of anilines is 1. The third kappa shape index (κ3) is 3.07. The zero-order valence-corrected chi connectivity index (χ0v) is 11.0. The summed E-state index contributed by atoms with van der Waals surface area (Å²) in [5.74, 6) is -1.02. The fourth-order valence-electron chi connectivity index (χ4n) is 1.01. The molecule has 0 unspecified atom stereocenters. The van der Waals surface area contributed by atoms with Crippen LogP contribution in [-0.2, 0) is 10.0 Å². The Morgan fingerprint density at radius 2 is 2.06 bits per heavy atom. The second kappa shape index (κ2) is 4.88. The van der Waals surface area contributed by atoms with Crippen molar-refractivity contribution < 1.29 is 17.6 Å². The standard InChI is InChI=1S/C8H9BrFN3O3S/c1-12-8(14)13-17(15,16)6-3-4(11)2-5(9)7(6)10/h2-3H,11H2,1H3,(H2,12,13,14). The molecule has 1 aromatic rings. The summed E-state index contributed by atoms with van der Waals surface area (Å²) >= 11 is 2.82. The van der Waals surface area contributed by atoms with Crippen molar-refractivity contribution in [3.8, 4) is 0 Å². The highest BCUT2D eigenvalue weighted by atomic mass is 79.9. The number of hydrogen-bond acceptors (Lipinski definition) is 4. The minimum atomic E-state index is -4.29. The molecule has 0 spiro atoms. The maximum absolute atomic E-state index is 13.6. The molecule has 4 N–H and O–H groups in total. The van der Waals surface area contributed by atoms with Crippen molar-refractivity contribution in [2.45, 2.75) is 4.90 Å². The number of hydrogen-bond donors (Lipinski definition) is 3. The first kappa shape index (κ1) is 13.7. The Hall–Kier alpha value is -1.35. The zero-order valence-electron chi connectivity index (χ0n) is 8.62. The molecule has 0 aromatic heterocycles. The topological polar surface area (TPSA) is 101 Å². The lowest BCUT2D eigenvalue weighted by Crippen LogP contribution is -2.37. The van der Waals surface area contributed by atoms with Crippen LogP contribution in [0.15, 0.2) is 21.5 Å². The van der Waals surface area contributed by atoms with Crippen LogP contribution in [0.4, 0.5) is 14.9 Å². The lowest BCUT2D eigenvalue weighted by atomic mass is 10.3. The molecule has 0 bridgehead atoms. The fourth-order valence-corrected chi connectivity index (χ4v) is 2.71. The van der Waals surface area contributed by atoms with Crippen LogP contribution < -0.4 is 15.8 Å². The smallest absolute Gasteiger partial charge is 0.328 e. The molecule has 1 aromatic carbocycles. The van der Waals surface area contributed by atoms with Gasteiger partial charge in [0, 0.05) is 12.7 Å². The summed E-state index contributed by atoms with van der Waals surface area (Å²) in [6, 6.07) is 1.17. The average molecular weight is 326 g/mol. The number of nitrogen functional groups attached to an aromatic ring is 1. The molecule has 0 heterocycles. The van der Waals surface area contributed by atoms with E-state index in [1.807, 2.05) is 5.32 Å². The molecule has 1 rings (SSSR count). The Morgan fingerprint density at radius 1 is 1.47 bits per heavy atom. The van der Waals surface area contributed by atoms with Crippen molar-refractivity contribution in [2.24, 2.45) is 0 Å². The van der Waals surface area contributed by atoms with Crippen molar-refractivity contribution in [3.05, 3.63) is 22.4 Å². The van der Waals surface area contributed by atoms with Crippen LogP contribution >= 0.6 is 15.9 Å². The monoisotopic (exact) mass is 325 g/mol. The van der Waals surface area contributed by atoms with Crippen LogP contribution in [0.25, 0.3) is 0 Å². The van der Waals surface area contributed by atoms with Gasteiger partial charge in [0.25, 0.3) is 10.0 Å². The minimum Gasteiger partial charge on any atom is -0.399 e. The number of sulfonamides is 1. The minimum absolute atomic E-state index is 0.0514. The van der Waals surface area contributed by atoms with Crippen molar-refractivity contribution in [3.63, 3.8) is 0 Å². The molecule has 0 aliphatic carbocycles. The molecule has 0 aliphatic heterocycles. The molecule has 0 saturated carbocycles. The van der Waals surface area contributed by atoms with Crippen molar-refractivity contribution in [1.29, 1.82) is 0 Å². The first-order valence-electron chi connectivity index (χ1n) is 4.27. The van der Waals surface area contributed by atoms with E-state index in [1.54, 1.807) is 4.72 Å². The predicted molar refractivity (Wildman–Crippen MR) is 63.3 cm³/mol. The van der Waals surface area contributed by atoms with Gasteiger partial charge in [-0.3, -0.25) is 0 Å². The molecule has 0 radical (unpaired) electrons. The molecule has 17 heavy (non-hydrogen) atoms. The van der Waals surface area contributed by atoms with E-state index in [4.69, 9.17) is 5.73 Å². The fraction of sp³-hybridized carbons (Fsp3) is 0.125. The largest absolute Gasteiger partial charge is 0.399 e. The van der Waals surface area contributed by atoms with Crippen LogP contribution in [0.1, 0.15) is 0 Å². The Balaban J connectivity index is 3.29. The van der Waals surface area contributed by atoms with Crippen molar-refractivity contribution in [2.75, 3.05) is 12.8 Å². The lowest BCUT2D eigenvalue weighted by Gasteiger charge is -2.09. The van der Waals surface area contributed by atoms with Gasteiger partial charge in [-0.05, 0) is 28.1 Å². The molecule has 0 saturated heterocycles. The quantitative estimate of drug-likeness (QED) is 0.699. The first-order chi connectivity index (χ1) is 7.77. The van der Waals surface area contributed by atoms with Crippen LogP contribution in [0.5, 0.6) is 0 Å². The molecule has 0 fully saturated rings.